The van der Waals surface area contributed by atoms with Crippen LogP contribution in [0.1, 0.15) is 37.8 Å². The average Bonchev–Trinajstić information content (AvgIpc) is 2.63. The van der Waals surface area contributed by atoms with Crippen LogP contribution in [0.5, 0.6) is 0 Å². The summed E-state index contributed by atoms with van der Waals surface area (Å²) in [7, 11) is 0. The van der Waals surface area contributed by atoms with E-state index >= 15 is 0 Å². The molecule has 0 aromatic heterocycles. The molecule has 1 aliphatic heterocycles. The first-order chi connectivity index (χ1) is 12.1. The SMILES string of the molecule is CC1CCN(c2cccc(NC(=O)CC(N)c3ccccc3)c2)CC1.Cl.Cl. The quantitative estimate of drug-likeness (QED) is 0.745. The molecular weight excluding hydrogens is 381 g/mol. The molecule has 1 aliphatic rings. The van der Waals surface area contributed by atoms with E-state index < -0.39 is 0 Å². The molecule has 1 heterocycles. The number of nitrogens with one attached hydrogen (secondary N) is 1. The molecule has 27 heavy (non-hydrogen) atoms. The normalized spacial score (nSPS) is 15.3. The van der Waals surface area contributed by atoms with Crippen LogP contribution in [0, 0.1) is 5.92 Å². The van der Waals surface area contributed by atoms with Gasteiger partial charge in [-0.15, -0.1) is 24.8 Å². The van der Waals surface area contributed by atoms with Crippen LogP contribution < -0.4 is 16.0 Å². The number of hydrogen-bond donors (Lipinski definition) is 2. The minimum Gasteiger partial charge on any atom is -0.371 e. The molecule has 6 heteroatoms. The molecule has 1 unspecified atom stereocenters. The minimum absolute atomic E-state index is 0. The van der Waals surface area contributed by atoms with Crippen LogP contribution in [-0.4, -0.2) is 19.0 Å². The third-order valence-electron chi connectivity index (χ3n) is 4.91. The Bertz CT molecular complexity index is 704. The van der Waals surface area contributed by atoms with E-state index in [9.17, 15) is 4.79 Å². The van der Waals surface area contributed by atoms with Crippen molar-refractivity contribution in [2.24, 2.45) is 11.7 Å². The summed E-state index contributed by atoms with van der Waals surface area (Å²) in [5.74, 6) is 0.749. The lowest BCUT2D eigenvalue weighted by molar-refractivity contribution is -0.116. The maximum Gasteiger partial charge on any atom is 0.226 e. The van der Waals surface area contributed by atoms with Crippen molar-refractivity contribution in [3.8, 4) is 0 Å². The van der Waals surface area contributed by atoms with Crippen molar-refractivity contribution in [3.05, 3.63) is 60.2 Å². The van der Waals surface area contributed by atoms with Gasteiger partial charge in [0.1, 0.15) is 0 Å². The predicted octanol–water partition coefficient (Wildman–Crippen LogP) is 4.80. The maximum absolute atomic E-state index is 12.3. The highest BCUT2D eigenvalue weighted by Gasteiger charge is 2.17. The van der Waals surface area contributed by atoms with Crippen LogP contribution in [0.15, 0.2) is 54.6 Å². The van der Waals surface area contributed by atoms with Crippen molar-refractivity contribution in [2.75, 3.05) is 23.3 Å². The summed E-state index contributed by atoms with van der Waals surface area (Å²) in [6, 6.07) is 17.6. The first kappa shape index (κ1) is 23.3. The standard InChI is InChI=1S/C21H27N3O.2ClH/c1-16-10-12-24(13-11-16)19-9-5-8-18(14-19)23-21(25)15-20(22)17-6-3-2-4-7-17;;/h2-9,14,16,20H,10-13,15,22H2,1H3,(H,23,25);2*1H. The minimum atomic E-state index is -0.284. The van der Waals surface area contributed by atoms with Gasteiger partial charge in [0.05, 0.1) is 0 Å². The van der Waals surface area contributed by atoms with Crippen molar-refractivity contribution in [1.82, 2.24) is 0 Å². The Morgan fingerprint density at radius 2 is 1.78 bits per heavy atom. The summed E-state index contributed by atoms with van der Waals surface area (Å²) in [5, 5.41) is 2.99. The van der Waals surface area contributed by atoms with Crippen LogP contribution in [0.3, 0.4) is 0 Å². The summed E-state index contributed by atoms with van der Waals surface area (Å²) in [6.07, 6.45) is 2.72. The molecule has 3 N–H and O–H groups in total. The average molecular weight is 410 g/mol. The summed E-state index contributed by atoms with van der Waals surface area (Å²) in [5.41, 5.74) is 9.13. The molecule has 1 fully saturated rings. The lowest BCUT2D eigenvalue weighted by Gasteiger charge is -2.32. The molecule has 3 rings (SSSR count). The van der Waals surface area contributed by atoms with E-state index in [0.717, 1.165) is 30.3 Å². The highest BCUT2D eigenvalue weighted by molar-refractivity contribution is 5.91. The highest BCUT2D eigenvalue weighted by atomic mass is 35.5. The summed E-state index contributed by atoms with van der Waals surface area (Å²) < 4.78 is 0. The summed E-state index contributed by atoms with van der Waals surface area (Å²) in [6.45, 7) is 4.47. The van der Waals surface area contributed by atoms with Gasteiger partial charge in [-0.25, -0.2) is 0 Å². The molecule has 0 saturated carbocycles. The Kier molecular flexibility index (Phi) is 9.64. The smallest absolute Gasteiger partial charge is 0.226 e. The molecule has 1 atom stereocenters. The molecule has 1 saturated heterocycles. The second-order valence-corrected chi connectivity index (χ2v) is 6.99. The monoisotopic (exact) mass is 409 g/mol. The van der Waals surface area contributed by atoms with Gasteiger partial charge in [0.2, 0.25) is 5.91 Å². The zero-order valence-electron chi connectivity index (χ0n) is 15.6. The van der Waals surface area contributed by atoms with Crippen LogP contribution in [-0.2, 0) is 4.79 Å². The molecule has 0 spiro atoms. The molecule has 148 valence electrons. The first-order valence-electron chi connectivity index (χ1n) is 9.07. The van der Waals surface area contributed by atoms with E-state index in [-0.39, 0.29) is 43.2 Å². The van der Waals surface area contributed by atoms with Crippen molar-refractivity contribution in [2.45, 2.75) is 32.2 Å². The molecule has 2 aromatic carbocycles. The molecule has 0 radical (unpaired) electrons. The van der Waals surface area contributed by atoms with Crippen LogP contribution in [0.25, 0.3) is 0 Å². The van der Waals surface area contributed by atoms with E-state index in [2.05, 4.69) is 29.3 Å². The van der Waals surface area contributed by atoms with Crippen molar-refractivity contribution in [1.29, 1.82) is 0 Å². The van der Waals surface area contributed by atoms with E-state index in [0.29, 0.717) is 0 Å². The van der Waals surface area contributed by atoms with Gasteiger partial charge in [-0.05, 0) is 42.5 Å². The predicted molar refractivity (Wildman–Crippen MR) is 118 cm³/mol. The van der Waals surface area contributed by atoms with Gasteiger partial charge in [0.25, 0.3) is 0 Å². The van der Waals surface area contributed by atoms with Gasteiger partial charge in [0, 0.05) is 36.9 Å². The van der Waals surface area contributed by atoms with Gasteiger partial charge < -0.3 is 16.0 Å². The van der Waals surface area contributed by atoms with Crippen molar-refractivity contribution < 1.29 is 4.79 Å². The molecule has 4 nitrogen and oxygen atoms in total. The summed E-state index contributed by atoms with van der Waals surface area (Å²) in [4.78, 5) is 14.7. The second-order valence-electron chi connectivity index (χ2n) is 6.99. The topological polar surface area (TPSA) is 58.4 Å². The van der Waals surface area contributed by atoms with Crippen LogP contribution in [0.2, 0.25) is 0 Å². The van der Waals surface area contributed by atoms with Crippen LogP contribution in [0.4, 0.5) is 11.4 Å². The Morgan fingerprint density at radius 1 is 1.11 bits per heavy atom. The lowest BCUT2D eigenvalue weighted by Crippen LogP contribution is -2.32. The molecule has 1 amide bonds. The number of nitrogens with zero attached hydrogens (tertiary/aromatic N) is 1. The third kappa shape index (κ3) is 6.73. The number of hydrogen-bond acceptors (Lipinski definition) is 3. The number of rotatable bonds is 5. The largest absolute Gasteiger partial charge is 0.371 e. The Balaban J connectivity index is 0.00000182. The fourth-order valence-corrected chi connectivity index (χ4v) is 3.28. The number of nitrogens with two attached hydrogens (primary N) is 1. The van der Waals surface area contributed by atoms with Gasteiger partial charge in [-0.1, -0.05) is 43.3 Å². The lowest BCUT2D eigenvalue weighted by atomic mass is 9.99. The Labute approximate surface area is 174 Å². The van der Waals surface area contributed by atoms with Crippen molar-refractivity contribution in [3.63, 3.8) is 0 Å². The second kappa shape index (κ2) is 11.2. The number of amides is 1. The van der Waals surface area contributed by atoms with Gasteiger partial charge in [-0.2, -0.15) is 0 Å². The number of benzene rings is 2. The zero-order chi connectivity index (χ0) is 17.6. The van der Waals surface area contributed by atoms with Gasteiger partial charge in [0.15, 0.2) is 0 Å². The summed E-state index contributed by atoms with van der Waals surface area (Å²) >= 11 is 0. The van der Waals surface area contributed by atoms with E-state index in [1.54, 1.807) is 0 Å². The number of piperidine rings is 1. The number of carbonyl (C=O) groups is 1. The van der Waals surface area contributed by atoms with E-state index in [1.165, 1.54) is 18.5 Å². The highest BCUT2D eigenvalue weighted by Crippen LogP contribution is 2.25. The maximum atomic E-state index is 12.3. The first-order valence-corrected chi connectivity index (χ1v) is 9.07. The number of halogens is 2. The number of carbonyl (C=O) groups excluding carboxylic acids is 1. The molecule has 0 aliphatic carbocycles. The zero-order valence-corrected chi connectivity index (χ0v) is 17.3. The van der Waals surface area contributed by atoms with Gasteiger partial charge in [-0.3, -0.25) is 4.79 Å². The Morgan fingerprint density at radius 3 is 2.44 bits per heavy atom. The molecule has 0 bridgehead atoms. The molecule has 2 aromatic rings. The van der Waals surface area contributed by atoms with Crippen LogP contribution >= 0.6 is 24.8 Å². The van der Waals surface area contributed by atoms with E-state index in [4.69, 9.17) is 5.73 Å². The van der Waals surface area contributed by atoms with E-state index in [1.807, 2.05) is 42.5 Å². The fourth-order valence-electron chi connectivity index (χ4n) is 3.28. The fraction of sp³-hybridized carbons (Fsp3) is 0.381. The Hall–Kier alpha value is -1.75. The number of anilines is 2. The third-order valence-corrected chi connectivity index (χ3v) is 4.91. The molecular formula is C21H29Cl2N3O. The van der Waals surface area contributed by atoms with Crippen molar-refractivity contribution >= 4 is 42.1 Å². The van der Waals surface area contributed by atoms with Gasteiger partial charge >= 0.3 is 0 Å².